The SMILES string of the molecule is CCCn1nccc1S(=O)(=O)N[C@H](Cc1ccccn1)C1CC(O)C1. The average molecular weight is 364 g/mol. The third-order valence-corrected chi connectivity index (χ3v) is 6.08. The molecule has 7 nitrogen and oxygen atoms in total. The first kappa shape index (κ1) is 18.0. The highest BCUT2D eigenvalue weighted by atomic mass is 32.2. The Morgan fingerprint density at radius 2 is 2.12 bits per heavy atom. The van der Waals surface area contributed by atoms with Crippen molar-refractivity contribution in [2.24, 2.45) is 5.92 Å². The number of rotatable bonds is 8. The van der Waals surface area contributed by atoms with Gasteiger partial charge in [-0.15, -0.1) is 0 Å². The van der Waals surface area contributed by atoms with Gasteiger partial charge in [0.2, 0.25) is 0 Å². The molecule has 3 rings (SSSR count). The molecular weight excluding hydrogens is 340 g/mol. The van der Waals surface area contributed by atoms with Gasteiger partial charge >= 0.3 is 0 Å². The summed E-state index contributed by atoms with van der Waals surface area (Å²) in [6.45, 7) is 2.53. The minimum absolute atomic E-state index is 0.106. The fourth-order valence-electron chi connectivity index (χ4n) is 3.20. The van der Waals surface area contributed by atoms with Crippen LogP contribution in [0.5, 0.6) is 0 Å². The normalized spacial score (nSPS) is 21.7. The average Bonchev–Trinajstić information content (AvgIpc) is 3.02. The van der Waals surface area contributed by atoms with Gasteiger partial charge in [0.15, 0.2) is 5.03 Å². The van der Waals surface area contributed by atoms with Crippen LogP contribution in [-0.4, -0.2) is 40.4 Å². The van der Waals surface area contributed by atoms with Crippen LogP contribution in [0.4, 0.5) is 0 Å². The second kappa shape index (κ2) is 7.63. The molecule has 8 heteroatoms. The first-order chi connectivity index (χ1) is 12.0. The number of hydrogen-bond donors (Lipinski definition) is 2. The summed E-state index contributed by atoms with van der Waals surface area (Å²) < 4.78 is 30.1. The summed E-state index contributed by atoms with van der Waals surface area (Å²) in [5, 5.41) is 13.9. The number of aromatic nitrogens is 3. The molecule has 0 saturated heterocycles. The van der Waals surface area contributed by atoms with E-state index in [9.17, 15) is 13.5 Å². The molecule has 1 atom stereocenters. The van der Waals surface area contributed by atoms with Gasteiger partial charge in [-0.3, -0.25) is 9.67 Å². The second-order valence-corrected chi connectivity index (χ2v) is 8.19. The first-order valence-electron chi connectivity index (χ1n) is 8.61. The van der Waals surface area contributed by atoms with Crippen molar-refractivity contribution in [1.29, 1.82) is 0 Å². The predicted octanol–water partition coefficient (Wildman–Crippen LogP) is 1.35. The van der Waals surface area contributed by atoms with Crippen molar-refractivity contribution in [3.05, 3.63) is 42.4 Å². The number of aliphatic hydroxyl groups is 1. The summed E-state index contributed by atoms with van der Waals surface area (Å²) in [6, 6.07) is 6.83. The number of aliphatic hydroxyl groups excluding tert-OH is 1. The molecule has 0 aromatic carbocycles. The number of nitrogens with zero attached hydrogens (tertiary/aromatic N) is 3. The lowest BCUT2D eigenvalue weighted by atomic mass is 9.76. The maximum Gasteiger partial charge on any atom is 0.257 e. The Morgan fingerprint density at radius 1 is 1.32 bits per heavy atom. The molecule has 0 bridgehead atoms. The number of pyridine rings is 1. The monoisotopic (exact) mass is 364 g/mol. The van der Waals surface area contributed by atoms with E-state index < -0.39 is 10.0 Å². The first-order valence-corrected chi connectivity index (χ1v) is 10.1. The molecular formula is C17H24N4O3S. The van der Waals surface area contributed by atoms with E-state index in [0.29, 0.717) is 25.8 Å². The van der Waals surface area contributed by atoms with Gasteiger partial charge in [-0.1, -0.05) is 13.0 Å². The molecule has 25 heavy (non-hydrogen) atoms. The van der Waals surface area contributed by atoms with E-state index in [4.69, 9.17) is 0 Å². The van der Waals surface area contributed by atoms with Crippen LogP contribution in [0.3, 0.4) is 0 Å². The lowest BCUT2D eigenvalue weighted by molar-refractivity contribution is 0.0282. The molecule has 136 valence electrons. The van der Waals surface area contributed by atoms with Crippen LogP contribution < -0.4 is 4.72 Å². The second-order valence-electron chi connectivity index (χ2n) is 6.53. The minimum atomic E-state index is -3.69. The molecule has 0 radical (unpaired) electrons. The summed E-state index contributed by atoms with van der Waals surface area (Å²) in [5.74, 6) is 0.106. The third-order valence-electron chi connectivity index (χ3n) is 4.57. The Morgan fingerprint density at radius 3 is 2.76 bits per heavy atom. The molecule has 1 aliphatic rings. The summed E-state index contributed by atoms with van der Waals surface area (Å²) in [6.07, 6.45) is 5.38. The van der Waals surface area contributed by atoms with Crippen molar-refractivity contribution in [1.82, 2.24) is 19.5 Å². The van der Waals surface area contributed by atoms with Gasteiger partial charge in [-0.2, -0.15) is 5.10 Å². The van der Waals surface area contributed by atoms with Gasteiger partial charge in [-0.25, -0.2) is 13.1 Å². The summed E-state index contributed by atoms with van der Waals surface area (Å²) in [5.41, 5.74) is 0.832. The largest absolute Gasteiger partial charge is 0.393 e. The zero-order valence-electron chi connectivity index (χ0n) is 14.2. The Balaban J connectivity index is 1.80. The number of hydrogen-bond acceptors (Lipinski definition) is 5. The van der Waals surface area contributed by atoms with Gasteiger partial charge < -0.3 is 5.11 Å². The highest BCUT2D eigenvalue weighted by molar-refractivity contribution is 7.89. The van der Waals surface area contributed by atoms with Gasteiger partial charge in [0.1, 0.15) is 0 Å². The molecule has 1 saturated carbocycles. The van der Waals surface area contributed by atoms with E-state index in [2.05, 4.69) is 14.8 Å². The zero-order valence-corrected chi connectivity index (χ0v) is 15.1. The molecule has 0 aliphatic heterocycles. The summed E-state index contributed by atoms with van der Waals surface area (Å²) >= 11 is 0. The van der Waals surface area contributed by atoms with Crippen LogP contribution in [0, 0.1) is 5.92 Å². The van der Waals surface area contributed by atoms with Gasteiger partial charge in [0.25, 0.3) is 10.0 Å². The fraction of sp³-hybridized carbons (Fsp3) is 0.529. The lowest BCUT2D eigenvalue weighted by Gasteiger charge is -2.37. The Bertz CT molecular complexity index is 785. The maximum absolute atomic E-state index is 12.9. The Kier molecular flexibility index (Phi) is 5.51. The van der Waals surface area contributed by atoms with E-state index >= 15 is 0 Å². The van der Waals surface area contributed by atoms with E-state index in [-0.39, 0.29) is 23.1 Å². The topological polar surface area (TPSA) is 97.1 Å². The smallest absolute Gasteiger partial charge is 0.257 e. The van der Waals surface area contributed by atoms with Crippen LogP contribution in [0.2, 0.25) is 0 Å². The minimum Gasteiger partial charge on any atom is -0.393 e. The van der Waals surface area contributed by atoms with E-state index in [1.807, 2.05) is 25.1 Å². The van der Waals surface area contributed by atoms with Crippen LogP contribution in [0.1, 0.15) is 31.9 Å². The predicted molar refractivity (Wildman–Crippen MR) is 93.3 cm³/mol. The van der Waals surface area contributed by atoms with Crippen molar-refractivity contribution in [3.63, 3.8) is 0 Å². The number of aryl methyl sites for hydroxylation is 1. The summed E-state index contributed by atoms with van der Waals surface area (Å²) in [7, 11) is -3.69. The molecule has 2 heterocycles. The number of nitrogens with one attached hydrogen (secondary N) is 1. The lowest BCUT2D eigenvalue weighted by Crippen LogP contribution is -2.48. The molecule has 0 amide bonds. The third kappa shape index (κ3) is 4.26. The van der Waals surface area contributed by atoms with Crippen molar-refractivity contribution in [2.45, 2.75) is 56.3 Å². The van der Waals surface area contributed by atoms with Crippen LogP contribution >= 0.6 is 0 Å². The van der Waals surface area contributed by atoms with Crippen LogP contribution in [-0.2, 0) is 23.0 Å². The molecule has 2 N–H and O–H groups in total. The van der Waals surface area contributed by atoms with Crippen LogP contribution in [0.25, 0.3) is 0 Å². The Labute approximate surface area is 148 Å². The maximum atomic E-state index is 12.9. The summed E-state index contributed by atoms with van der Waals surface area (Å²) in [4.78, 5) is 4.30. The van der Waals surface area contributed by atoms with Gasteiger partial charge in [-0.05, 0) is 43.4 Å². The standard InChI is InChI=1S/C17H24N4O3S/c1-2-9-21-17(6-8-19-21)25(23,24)20-16(13-10-15(22)11-13)12-14-5-3-4-7-18-14/h3-8,13,15-16,20,22H,2,9-12H2,1H3/t13?,15?,16-/m1/s1. The molecule has 0 unspecified atom stereocenters. The highest BCUT2D eigenvalue weighted by Crippen LogP contribution is 2.32. The fourth-order valence-corrected chi connectivity index (χ4v) is 4.65. The van der Waals surface area contributed by atoms with Gasteiger partial charge in [0.05, 0.1) is 12.3 Å². The number of sulfonamides is 1. The van der Waals surface area contributed by atoms with Crippen molar-refractivity contribution in [3.8, 4) is 0 Å². The van der Waals surface area contributed by atoms with Crippen LogP contribution in [0.15, 0.2) is 41.7 Å². The van der Waals surface area contributed by atoms with Crippen molar-refractivity contribution < 1.29 is 13.5 Å². The molecule has 1 aliphatic carbocycles. The highest BCUT2D eigenvalue weighted by Gasteiger charge is 2.37. The molecule has 0 spiro atoms. The molecule has 1 fully saturated rings. The molecule has 2 aromatic heterocycles. The quantitative estimate of drug-likeness (QED) is 0.737. The van der Waals surface area contributed by atoms with E-state index in [1.54, 1.807) is 6.20 Å². The van der Waals surface area contributed by atoms with Gasteiger partial charge in [0, 0.05) is 30.9 Å². The van der Waals surface area contributed by atoms with Crippen molar-refractivity contribution >= 4 is 10.0 Å². The zero-order chi connectivity index (χ0) is 17.9. The van der Waals surface area contributed by atoms with E-state index in [1.165, 1.54) is 16.9 Å². The molecule has 2 aromatic rings. The van der Waals surface area contributed by atoms with E-state index in [0.717, 1.165) is 12.1 Å². The Hall–Kier alpha value is -1.77. The van der Waals surface area contributed by atoms with Crippen molar-refractivity contribution in [2.75, 3.05) is 0 Å².